The molecule has 2 N–H and O–H groups in total. The molecule has 16 heavy (non-hydrogen) atoms. The fraction of sp³-hybridized carbons (Fsp3) is 0.571. The Morgan fingerprint density at radius 3 is 2.69 bits per heavy atom. The van der Waals surface area contributed by atoms with Crippen LogP contribution in [-0.2, 0) is 4.74 Å². The van der Waals surface area contributed by atoms with E-state index in [2.05, 4.69) is 26.0 Å². The zero-order valence-corrected chi connectivity index (χ0v) is 10.4. The minimum Gasteiger partial charge on any atom is -0.381 e. The molecule has 0 aliphatic carbocycles. The van der Waals surface area contributed by atoms with Gasteiger partial charge in [-0.3, -0.25) is 0 Å². The molecule has 2 nitrogen and oxygen atoms in total. The van der Waals surface area contributed by atoms with E-state index in [0.29, 0.717) is 0 Å². The molecule has 1 rings (SSSR count). The Hall–Kier alpha value is -0.860. The summed E-state index contributed by atoms with van der Waals surface area (Å²) in [5, 5.41) is 0. The minimum atomic E-state index is 0.0998. The van der Waals surface area contributed by atoms with Gasteiger partial charge in [-0.15, -0.1) is 0 Å². The predicted molar refractivity (Wildman–Crippen MR) is 68.5 cm³/mol. The summed E-state index contributed by atoms with van der Waals surface area (Å²) >= 11 is 0. The van der Waals surface area contributed by atoms with Crippen LogP contribution in [-0.4, -0.2) is 13.2 Å². The normalized spacial score (nSPS) is 12.7. The van der Waals surface area contributed by atoms with Crippen LogP contribution in [0.2, 0.25) is 0 Å². The Balaban J connectivity index is 2.30. The van der Waals surface area contributed by atoms with Gasteiger partial charge >= 0.3 is 0 Å². The number of hydrogen-bond donors (Lipinski definition) is 1. The van der Waals surface area contributed by atoms with Crippen LogP contribution in [0.25, 0.3) is 0 Å². The van der Waals surface area contributed by atoms with E-state index in [4.69, 9.17) is 10.5 Å². The maximum absolute atomic E-state index is 6.13. The summed E-state index contributed by atoms with van der Waals surface area (Å²) < 4.78 is 5.53. The molecule has 0 fully saturated rings. The van der Waals surface area contributed by atoms with Gasteiger partial charge in [0.25, 0.3) is 0 Å². The van der Waals surface area contributed by atoms with Crippen molar-refractivity contribution in [3.8, 4) is 0 Å². The predicted octanol–water partition coefficient (Wildman–Crippen LogP) is 3.20. The summed E-state index contributed by atoms with van der Waals surface area (Å²) in [5.74, 6) is 0. The molecule has 1 unspecified atom stereocenters. The summed E-state index contributed by atoms with van der Waals surface area (Å²) in [6, 6.07) is 8.39. The molecule has 0 heterocycles. The Morgan fingerprint density at radius 2 is 2.00 bits per heavy atom. The second-order valence-corrected chi connectivity index (χ2v) is 4.22. The van der Waals surface area contributed by atoms with Crippen molar-refractivity contribution in [1.29, 1.82) is 0 Å². The number of benzene rings is 1. The van der Waals surface area contributed by atoms with Crippen LogP contribution in [0.5, 0.6) is 0 Å². The number of unbranched alkanes of at least 4 members (excludes halogenated alkanes) is 1. The van der Waals surface area contributed by atoms with E-state index < -0.39 is 0 Å². The zero-order valence-electron chi connectivity index (χ0n) is 10.4. The van der Waals surface area contributed by atoms with Gasteiger partial charge < -0.3 is 10.5 Å². The average molecular weight is 221 g/mol. The van der Waals surface area contributed by atoms with Crippen molar-refractivity contribution in [1.82, 2.24) is 0 Å². The standard InChI is InChI=1S/C14H23NO/c1-3-4-10-16-11-9-14(15)13-8-6-5-7-12(13)2/h5-8,14H,3-4,9-11,15H2,1-2H3. The van der Waals surface area contributed by atoms with Gasteiger partial charge in [0.05, 0.1) is 0 Å². The van der Waals surface area contributed by atoms with Gasteiger partial charge in [-0.05, 0) is 30.9 Å². The van der Waals surface area contributed by atoms with Crippen molar-refractivity contribution in [2.24, 2.45) is 5.73 Å². The first kappa shape index (κ1) is 13.2. The second-order valence-electron chi connectivity index (χ2n) is 4.22. The Bertz CT molecular complexity index is 299. The Morgan fingerprint density at radius 1 is 1.25 bits per heavy atom. The molecule has 0 amide bonds. The third-order valence-corrected chi connectivity index (χ3v) is 2.80. The Kier molecular flexibility index (Phi) is 6.12. The van der Waals surface area contributed by atoms with Crippen LogP contribution < -0.4 is 5.73 Å². The van der Waals surface area contributed by atoms with Crippen molar-refractivity contribution < 1.29 is 4.74 Å². The monoisotopic (exact) mass is 221 g/mol. The van der Waals surface area contributed by atoms with Crippen molar-refractivity contribution in [3.63, 3.8) is 0 Å². The van der Waals surface area contributed by atoms with Crippen molar-refractivity contribution in [2.45, 2.75) is 39.2 Å². The highest BCUT2D eigenvalue weighted by atomic mass is 16.5. The fourth-order valence-corrected chi connectivity index (χ4v) is 1.72. The van der Waals surface area contributed by atoms with Gasteiger partial charge in [0.2, 0.25) is 0 Å². The zero-order chi connectivity index (χ0) is 11.8. The molecule has 0 bridgehead atoms. The van der Waals surface area contributed by atoms with E-state index in [-0.39, 0.29) is 6.04 Å². The molecule has 0 saturated carbocycles. The van der Waals surface area contributed by atoms with Gasteiger partial charge in [-0.2, -0.15) is 0 Å². The molecule has 1 atom stereocenters. The van der Waals surface area contributed by atoms with Gasteiger partial charge in [0.1, 0.15) is 0 Å². The van der Waals surface area contributed by atoms with Gasteiger partial charge in [-0.1, -0.05) is 37.6 Å². The van der Waals surface area contributed by atoms with E-state index in [1.165, 1.54) is 17.5 Å². The Labute approximate surface area is 98.8 Å². The summed E-state index contributed by atoms with van der Waals surface area (Å²) in [6.07, 6.45) is 3.22. The van der Waals surface area contributed by atoms with Gasteiger partial charge in [0, 0.05) is 19.3 Å². The van der Waals surface area contributed by atoms with Crippen LogP contribution in [0.15, 0.2) is 24.3 Å². The maximum Gasteiger partial charge on any atom is 0.0484 e. The first-order valence-corrected chi connectivity index (χ1v) is 6.14. The summed E-state index contributed by atoms with van der Waals surface area (Å²) in [4.78, 5) is 0. The highest BCUT2D eigenvalue weighted by Crippen LogP contribution is 2.17. The van der Waals surface area contributed by atoms with Crippen LogP contribution in [0.3, 0.4) is 0 Å². The fourth-order valence-electron chi connectivity index (χ4n) is 1.72. The molecule has 0 aliphatic rings. The maximum atomic E-state index is 6.13. The summed E-state index contributed by atoms with van der Waals surface area (Å²) in [7, 11) is 0. The molecule has 0 aliphatic heterocycles. The van der Waals surface area contributed by atoms with Crippen LogP contribution >= 0.6 is 0 Å². The smallest absolute Gasteiger partial charge is 0.0484 e. The first-order chi connectivity index (χ1) is 7.75. The average Bonchev–Trinajstić information content (AvgIpc) is 2.29. The quantitative estimate of drug-likeness (QED) is 0.718. The molecular weight excluding hydrogens is 198 g/mol. The third-order valence-electron chi connectivity index (χ3n) is 2.80. The van der Waals surface area contributed by atoms with E-state index >= 15 is 0 Å². The van der Waals surface area contributed by atoms with Crippen molar-refractivity contribution in [3.05, 3.63) is 35.4 Å². The van der Waals surface area contributed by atoms with Crippen LogP contribution in [0.4, 0.5) is 0 Å². The molecule has 1 aromatic carbocycles. The number of ether oxygens (including phenoxy) is 1. The number of rotatable bonds is 7. The lowest BCUT2D eigenvalue weighted by Gasteiger charge is -2.14. The van der Waals surface area contributed by atoms with Crippen LogP contribution in [0.1, 0.15) is 43.4 Å². The first-order valence-electron chi connectivity index (χ1n) is 6.14. The molecule has 90 valence electrons. The van der Waals surface area contributed by atoms with E-state index in [1.807, 2.05) is 12.1 Å². The molecule has 0 spiro atoms. The molecule has 0 radical (unpaired) electrons. The van der Waals surface area contributed by atoms with Gasteiger partial charge in [-0.25, -0.2) is 0 Å². The lowest BCUT2D eigenvalue weighted by atomic mass is 10.00. The molecule has 1 aromatic rings. The molecule has 0 saturated heterocycles. The number of aryl methyl sites for hydroxylation is 1. The topological polar surface area (TPSA) is 35.2 Å². The van der Waals surface area contributed by atoms with E-state index in [0.717, 1.165) is 26.1 Å². The number of nitrogens with two attached hydrogens (primary N) is 1. The van der Waals surface area contributed by atoms with Crippen molar-refractivity contribution in [2.75, 3.05) is 13.2 Å². The lowest BCUT2D eigenvalue weighted by molar-refractivity contribution is 0.124. The number of hydrogen-bond acceptors (Lipinski definition) is 2. The third kappa shape index (κ3) is 4.33. The molecule has 0 aromatic heterocycles. The molecule has 2 heteroatoms. The highest BCUT2D eigenvalue weighted by molar-refractivity contribution is 5.28. The largest absolute Gasteiger partial charge is 0.381 e. The summed E-state index contributed by atoms with van der Waals surface area (Å²) in [5.41, 5.74) is 8.64. The minimum absolute atomic E-state index is 0.0998. The van der Waals surface area contributed by atoms with E-state index in [1.54, 1.807) is 0 Å². The SMILES string of the molecule is CCCCOCCC(N)c1ccccc1C. The second kappa shape index (κ2) is 7.42. The molecular formula is C14H23NO. The van der Waals surface area contributed by atoms with Crippen LogP contribution in [0, 0.1) is 6.92 Å². The van der Waals surface area contributed by atoms with E-state index in [9.17, 15) is 0 Å². The summed E-state index contributed by atoms with van der Waals surface area (Å²) in [6.45, 7) is 5.89. The highest BCUT2D eigenvalue weighted by Gasteiger charge is 2.07. The van der Waals surface area contributed by atoms with Crippen molar-refractivity contribution >= 4 is 0 Å². The van der Waals surface area contributed by atoms with Gasteiger partial charge in [0.15, 0.2) is 0 Å². The lowest BCUT2D eigenvalue weighted by Crippen LogP contribution is -2.14.